The second-order valence-electron chi connectivity index (χ2n) is 29.5. The van der Waals surface area contributed by atoms with Crippen LogP contribution in [0.2, 0.25) is 0 Å². The third-order valence-electron chi connectivity index (χ3n) is 19.3. The van der Waals surface area contributed by atoms with Crippen LogP contribution in [0.5, 0.6) is 0 Å². The van der Waals surface area contributed by atoms with Crippen molar-refractivity contribution in [3.05, 3.63) is 240 Å². The second-order valence-corrected chi connectivity index (χ2v) is 30.6. The summed E-state index contributed by atoms with van der Waals surface area (Å²) in [4.78, 5) is 7.78. The molecule has 2 aromatic heterocycles. The van der Waals surface area contributed by atoms with Gasteiger partial charge in [-0.2, -0.15) is 0 Å². The van der Waals surface area contributed by atoms with E-state index in [2.05, 4.69) is 312 Å². The topological polar surface area (TPSA) is 22.9 Å². The third kappa shape index (κ3) is 8.75. The van der Waals surface area contributed by atoms with E-state index in [0.717, 1.165) is 45.1 Å². The van der Waals surface area contributed by atoms with Crippen LogP contribution in [-0.4, -0.2) is 6.85 Å². The zero-order valence-corrected chi connectivity index (χ0v) is 53.7. The van der Waals surface area contributed by atoms with Gasteiger partial charge in [0, 0.05) is 81.9 Å². The summed E-state index contributed by atoms with van der Waals surface area (Å²) >= 11 is 1.90. The van der Waals surface area contributed by atoms with E-state index in [1.165, 1.54) is 109 Å². The van der Waals surface area contributed by atoms with Crippen LogP contribution in [0.25, 0.3) is 64.5 Å². The van der Waals surface area contributed by atoms with Gasteiger partial charge in [0.05, 0.1) is 12.0 Å². The van der Waals surface area contributed by atoms with Crippen LogP contribution in [0.4, 0.5) is 45.5 Å². The van der Waals surface area contributed by atoms with Gasteiger partial charge in [0.15, 0.2) is 0 Å². The standard InChI is InChI=1S/C81H76BN3OS/c1-77(2,3)51-24-31-55(32-25-51)83(56-33-26-52(27-34-56)78(4,5)6)58-37-39-72-61(44-58)62-45-64-68(48-73(62)87-72)85(57-35-28-53(29-36-57)79(7,8)9)82-66-47-71-50(40-41-86-71)42-69(66)84(67-38-30-54(80(10,11)12)43-60(67)49-20-16-15-17-21-49)70-46-63-59-22-18-19-23-65(59)81(13,14)75(63)74(64)76(70)82/h15-48H,1-14H3. The molecule has 2 aliphatic heterocycles. The number of fused-ring (bicyclic) bond motifs is 12. The molecular formula is C81H76BN3OS. The van der Waals surface area contributed by atoms with Crippen molar-refractivity contribution in [2.45, 2.75) is 124 Å². The lowest BCUT2D eigenvalue weighted by Crippen LogP contribution is -2.62. The molecule has 0 saturated heterocycles. The Bertz CT molecular complexity index is 4690. The number of thiophene rings is 1. The predicted octanol–water partition coefficient (Wildman–Crippen LogP) is 22.1. The van der Waals surface area contributed by atoms with Crippen molar-refractivity contribution in [3.63, 3.8) is 0 Å². The van der Waals surface area contributed by atoms with Crippen molar-refractivity contribution in [2.75, 3.05) is 14.6 Å². The number of furan rings is 1. The van der Waals surface area contributed by atoms with E-state index in [1.54, 1.807) is 0 Å². The first-order valence-corrected chi connectivity index (χ1v) is 32.0. The smallest absolute Gasteiger partial charge is 0.333 e. The van der Waals surface area contributed by atoms with Gasteiger partial charge in [-0.1, -0.05) is 194 Å². The number of rotatable bonds is 6. The number of hydrogen-bond donors (Lipinski definition) is 0. The number of anilines is 8. The molecule has 3 aliphatic rings. The van der Waals surface area contributed by atoms with Crippen LogP contribution in [0, 0.1) is 0 Å². The molecule has 0 atom stereocenters. The van der Waals surface area contributed by atoms with Crippen molar-refractivity contribution in [3.8, 4) is 33.4 Å². The van der Waals surface area contributed by atoms with Crippen LogP contribution in [0.3, 0.4) is 0 Å². The van der Waals surface area contributed by atoms with Gasteiger partial charge < -0.3 is 19.0 Å². The van der Waals surface area contributed by atoms with Crippen molar-refractivity contribution in [2.24, 2.45) is 0 Å². The van der Waals surface area contributed by atoms with Crippen molar-refractivity contribution in [1.82, 2.24) is 0 Å². The van der Waals surface area contributed by atoms with Crippen molar-refractivity contribution >= 4 is 106 Å². The van der Waals surface area contributed by atoms with E-state index in [1.807, 2.05) is 17.6 Å². The second kappa shape index (κ2) is 19.2. The Morgan fingerprint density at radius 1 is 0.448 bits per heavy atom. The Morgan fingerprint density at radius 3 is 1.68 bits per heavy atom. The Hall–Kier alpha value is -8.58. The number of nitrogens with zero attached hydrogens (tertiary/aromatic N) is 3. The highest BCUT2D eigenvalue weighted by Crippen LogP contribution is 2.59. The quantitative estimate of drug-likeness (QED) is 0.155. The molecule has 0 saturated carbocycles. The molecule has 0 N–H and O–H groups in total. The zero-order chi connectivity index (χ0) is 60.4. The largest absolute Gasteiger partial charge is 0.464 e. The summed E-state index contributed by atoms with van der Waals surface area (Å²) < 4.78 is 9.01. The molecule has 0 bridgehead atoms. The van der Waals surface area contributed by atoms with Gasteiger partial charge in [-0.3, -0.25) is 0 Å². The lowest BCUT2D eigenvalue weighted by atomic mass is 9.42. The molecule has 4 nitrogen and oxygen atoms in total. The SMILES string of the molecule is CC(C)(C)c1ccc(N2B3c4cc5occc5cc4N(c4ccc(C(C)(C)C)cc4-c4ccccc4)c4cc5c(c(c43)-c3cc4c(cc32)sc2ccc(N(c3ccc(C(C)(C)C)cc3)c3ccc(C(C)(C)C)cc3)cc24)C(C)(C)c2ccccc2-5)cc1. The molecular weight excluding hydrogens is 1070 g/mol. The Morgan fingerprint density at radius 2 is 1.03 bits per heavy atom. The zero-order valence-electron chi connectivity index (χ0n) is 52.9. The Kier molecular flexibility index (Phi) is 12.2. The first kappa shape index (κ1) is 55.0. The van der Waals surface area contributed by atoms with Gasteiger partial charge in [0.25, 0.3) is 0 Å². The highest BCUT2D eigenvalue weighted by atomic mass is 32.1. The molecule has 4 heterocycles. The van der Waals surface area contributed by atoms with Crippen molar-refractivity contribution < 1.29 is 4.42 Å². The fourth-order valence-corrected chi connectivity index (χ4v) is 15.6. The molecule has 87 heavy (non-hydrogen) atoms. The minimum absolute atomic E-state index is 0.0233. The first-order chi connectivity index (χ1) is 41.4. The summed E-state index contributed by atoms with van der Waals surface area (Å²) in [6.45, 7) is 32.4. The molecule has 0 fully saturated rings. The van der Waals surface area contributed by atoms with Crippen LogP contribution >= 0.6 is 11.3 Å². The number of hydrogen-bond acceptors (Lipinski definition) is 5. The lowest BCUT2D eigenvalue weighted by molar-refractivity contribution is 0.590. The maximum atomic E-state index is 6.49. The van der Waals surface area contributed by atoms with E-state index >= 15 is 0 Å². The average molecular weight is 1150 g/mol. The molecule has 10 aromatic carbocycles. The Balaban J connectivity index is 1.05. The summed E-state index contributed by atoms with van der Waals surface area (Å²) in [6.07, 6.45) is 1.86. The van der Waals surface area contributed by atoms with E-state index < -0.39 is 0 Å². The van der Waals surface area contributed by atoms with Gasteiger partial charge in [0.1, 0.15) is 5.58 Å². The maximum Gasteiger partial charge on any atom is 0.333 e. The maximum absolute atomic E-state index is 6.49. The predicted molar refractivity (Wildman–Crippen MR) is 375 cm³/mol. The summed E-state index contributed by atoms with van der Waals surface area (Å²) in [5, 5.41) is 3.59. The van der Waals surface area contributed by atoms with Gasteiger partial charge in [-0.25, -0.2) is 0 Å². The van der Waals surface area contributed by atoms with Gasteiger partial charge >= 0.3 is 6.85 Å². The summed E-state index contributed by atoms with van der Waals surface area (Å²) in [7, 11) is 0. The minimum atomic E-state index is -0.335. The highest BCUT2D eigenvalue weighted by Gasteiger charge is 2.50. The van der Waals surface area contributed by atoms with Gasteiger partial charge in [-0.05, 0) is 191 Å². The molecule has 430 valence electrons. The summed E-state index contributed by atoms with van der Waals surface area (Å²) in [6, 6.07) is 77.3. The molecule has 15 rings (SSSR count). The third-order valence-corrected chi connectivity index (χ3v) is 20.4. The van der Waals surface area contributed by atoms with Gasteiger partial charge in [-0.15, -0.1) is 11.3 Å². The molecule has 12 aromatic rings. The number of benzene rings is 10. The molecule has 1 aliphatic carbocycles. The van der Waals surface area contributed by atoms with Crippen molar-refractivity contribution in [1.29, 1.82) is 0 Å². The van der Waals surface area contributed by atoms with Crippen LogP contribution in [-0.2, 0) is 27.1 Å². The lowest BCUT2D eigenvalue weighted by Gasteiger charge is -2.47. The highest BCUT2D eigenvalue weighted by molar-refractivity contribution is 7.25. The van der Waals surface area contributed by atoms with Crippen LogP contribution in [0.15, 0.2) is 211 Å². The average Bonchev–Trinajstić information content (AvgIpc) is 1.66. The van der Waals surface area contributed by atoms with E-state index in [0.29, 0.717) is 0 Å². The summed E-state index contributed by atoms with van der Waals surface area (Å²) in [5.74, 6) is 0. The Labute approximate surface area is 518 Å². The van der Waals surface area contributed by atoms with E-state index in [-0.39, 0.29) is 33.9 Å². The monoisotopic (exact) mass is 1150 g/mol. The summed E-state index contributed by atoms with van der Waals surface area (Å²) in [5.41, 5.74) is 27.8. The molecule has 0 radical (unpaired) electrons. The molecule has 0 spiro atoms. The van der Waals surface area contributed by atoms with E-state index in [9.17, 15) is 0 Å². The van der Waals surface area contributed by atoms with Crippen LogP contribution < -0.4 is 25.5 Å². The first-order valence-electron chi connectivity index (χ1n) is 31.2. The molecule has 0 unspecified atom stereocenters. The fourth-order valence-electron chi connectivity index (χ4n) is 14.5. The minimum Gasteiger partial charge on any atom is -0.464 e. The fraction of sp³-hybridized carbons (Fsp3) is 0.235. The molecule has 0 amide bonds. The van der Waals surface area contributed by atoms with Crippen LogP contribution in [0.1, 0.15) is 130 Å². The van der Waals surface area contributed by atoms with Gasteiger partial charge in [0.2, 0.25) is 0 Å². The van der Waals surface area contributed by atoms with E-state index in [4.69, 9.17) is 4.42 Å². The normalized spacial score (nSPS) is 14.3. The molecule has 6 heteroatoms.